The third-order valence-electron chi connectivity index (χ3n) is 4.11. The Morgan fingerprint density at radius 2 is 1.78 bits per heavy atom. The van der Waals surface area contributed by atoms with Gasteiger partial charge >= 0.3 is 5.63 Å². The molecule has 2 heterocycles. The molecular formula is C22H15NO4. The minimum absolute atomic E-state index is 0.0915. The maximum absolute atomic E-state index is 12.3. The number of ketones is 1. The summed E-state index contributed by atoms with van der Waals surface area (Å²) >= 11 is 0. The topological polar surface area (TPSA) is 69.4 Å². The van der Waals surface area contributed by atoms with Gasteiger partial charge in [0.2, 0.25) is 0 Å². The SMILES string of the molecule is O=C(COc1ccc2cc(-c3ccccn3)c(=O)oc2c1)c1ccccc1. The highest BCUT2D eigenvalue weighted by Crippen LogP contribution is 2.23. The Kier molecular flexibility index (Phi) is 4.49. The number of Topliss-reactive ketones (excluding diaryl/α,β-unsaturated/α-hetero) is 1. The van der Waals surface area contributed by atoms with Crippen LogP contribution in [-0.2, 0) is 0 Å². The average Bonchev–Trinajstić information content (AvgIpc) is 2.72. The molecule has 0 unspecified atom stereocenters. The van der Waals surface area contributed by atoms with Crippen LogP contribution in [0.15, 0.2) is 88.2 Å². The third kappa shape index (κ3) is 3.62. The van der Waals surface area contributed by atoms with Crippen molar-refractivity contribution in [3.05, 3.63) is 95.0 Å². The minimum atomic E-state index is -0.473. The van der Waals surface area contributed by atoms with E-state index in [-0.39, 0.29) is 12.4 Å². The zero-order valence-electron chi connectivity index (χ0n) is 14.3. The van der Waals surface area contributed by atoms with Gasteiger partial charge in [0, 0.05) is 23.2 Å². The molecule has 2 aromatic carbocycles. The van der Waals surface area contributed by atoms with Gasteiger partial charge in [0.1, 0.15) is 11.3 Å². The number of aromatic nitrogens is 1. The van der Waals surface area contributed by atoms with E-state index in [4.69, 9.17) is 9.15 Å². The number of carbonyl (C=O) groups is 1. The fraction of sp³-hybridized carbons (Fsp3) is 0.0455. The summed E-state index contributed by atoms with van der Waals surface area (Å²) in [4.78, 5) is 28.6. The lowest BCUT2D eigenvalue weighted by molar-refractivity contribution is 0.0921. The summed E-state index contributed by atoms with van der Waals surface area (Å²) in [5, 5.41) is 0.747. The summed E-state index contributed by atoms with van der Waals surface area (Å²) in [7, 11) is 0. The van der Waals surface area contributed by atoms with Crippen LogP contribution in [0.1, 0.15) is 10.4 Å². The maximum Gasteiger partial charge on any atom is 0.345 e. The Morgan fingerprint density at radius 3 is 2.56 bits per heavy atom. The van der Waals surface area contributed by atoms with Gasteiger partial charge in [-0.25, -0.2) is 4.79 Å². The van der Waals surface area contributed by atoms with Crippen molar-refractivity contribution < 1.29 is 13.9 Å². The van der Waals surface area contributed by atoms with Crippen molar-refractivity contribution in [2.75, 3.05) is 6.61 Å². The summed E-state index contributed by atoms with van der Waals surface area (Å²) in [6, 6.07) is 21.2. The average molecular weight is 357 g/mol. The van der Waals surface area contributed by atoms with Crippen LogP contribution in [0.3, 0.4) is 0 Å². The zero-order chi connectivity index (χ0) is 18.6. The second-order valence-corrected chi connectivity index (χ2v) is 5.94. The van der Waals surface area contributed by atoms with E-state index in [1.54, 1.807) is 66.9 Å². The van der Waals surface area contributed by atoms with Crippen molar-refractivity contribution in [2.45, 2.75) is 0 Å². The predicted octanol–water partition coefficient (Wildman–Crippen LogP) is 4.12. The van der Waals surface area contributed by atoms with E-state index in [9.17, 15) is 9.59 Å². The first kappa shape index (κ1) is 16.7. The van der Waals surface area contributed by atoms with Crippen molar-refractivity contribution in [1.82, 2.24) is 4.98 Å². The molecule has 0 fully saturated rings. The molecule has 0 aliphatic carbocycles. The van der Waals surface area contributed by atoms with Gasteiger partial charge in [-0.15, -0.1) is 0 Å². The first-order valence-electron chi connectivity index (χ1n) is 8.41. The molecule has 0 aliphatic rings. The van der Waals surface area contributed by atoms with E-state index in [0.29, 0.717) is 28.2 Å². The molecule has 132 valence electrons. The summed E-state index contributed by atoms with van der Waals surface area (Å²) in [5.74, 6) is 0.336. The van der Waals surface area contributed by atoms with Crippen molar-refractivity contribution >= 4 is 16.8 Å². The predicted molar refractivity (Wildman–Crippen MR) is 102 cm³/mol. The van der Waals surface area contributed by atoms with Gasteiger partial charge in [0.25, 0.3) is 0 Å². The Hall–Kier alpha value is -3.73. The number of hydrogen-bond acceptors (Lipinski definition) is 5. The molecule has 2 aromatic heterocycles. The number of benzene rings is 2. The van der Waals surface area contributed by atoms with Crippen molar-refractivity contribution in [3.63, 3.8) is 0 Å². The van der Waals surface area contributed by atoms with Crippen LogP contribution in [0.4, 0.5) is 0 Å². The lowest BCUT2D eigenvalue weighted by Gasteiger charge is -2.07. The van der Waals surface area contributed by atoms with Gasteiger partial charge in [0.05, 0.1) is 11.3 Å². The Labute approximate surface area is 154 Å². The van der Waals surface area contributed by atoms with Crippen LogP contribution in [0.5, 0.6) is 5.75 Å². The number of rotatable bonds is 5. The van der Waals surface area contributed by atoms with E-state index in [1.165, 1.54) is 0 Å². The smallest absolute Gasteiger partial charge is 0.345 e. The monoisotopic (exact) mass is 357 g/mol. The number of ether oxygens (including phenoxy) is 1. The van der Waals surface area contributed by atoms with Crippen LogP contribution >= 0.6 is 0 Å². The van der Waals surface area contributed by atoms with E-state index in [2.05, 4.69) is 4.98 Å². The summed E-state index contributed by atoms with van der Waals surface area (Å²) in [6.07, 6.45) is 1.62. The molecule has 0 atom stereocenters. The first-order valence-corrected chi connectivity index (χ1v) is 8.41. The Morgan fingerprint density at radius 1 is 0.963 bits per heavy atom. The lowest BCUT2D eigenvalue weighted by atomic mass is 10.1. The molecule has 0 aliphatic heterocycles. The summed E-state index contributed by atoms with van der Waals surface area (Å²) in [5.41, 5.74) is 1.46. The molecule has 0 saturated heterocycles. The molecule has 0 N–H and O–H groups in total. The molecule has 0 radical (unpaired) electrons. The Balaban J connectivity index is 1.58. The highest BCUT2D eigenvalue weighted by Gasteiger charge is 2.11. The fourth-order valence-corrected chi connectivity index (χ4v) is 2.74. The van der Waals surface area contributed by atoms with E-state index in [1.807, 2.05) is 12.1 Å². The second-order valence-electron chi connectivity index (χ2n) is 5.94. The molecule has 0 saturated carbocycles. The van der Waals surface area contributed by atoms with Gasteiger partial charge in [-0.05, 0) is 30.3 Å². The maximum atomic E-state index is 12.3. The molecule has 0 bridgehead atoms. The van der Waals surface area contributed by atoms with Crippen molar-refractivity contribution in [1.29, 1.82) is 0 Å². The second kappa shape index (κ2) is 7.25. The van der Waals surface area contributed by atoms with Gasteiger partial charge in [-0.1, -0.05) is 36.4 Å². The van der Waals surface area contributed by atoms with Gasteiger partial charge in [-0.2, -0.15) is 0 Å². The molecule has 5 heteroatoms. The van der Waals surface area contributed by atoms with Crippen LogP contribution in [0.2, 0.25) is 0 Å². The summed E-state index contributed by atoms with van der Waals surface area (Å²) < 4.78 is 11.0. The number of carbonyl (C=O) groups excluding carboxylic acids is 1. The van der Waals surface area contributed by atoms with E-state index in [0.717, 1.165) is 5.39 Å². The highest BCUT2D eigenvalue weighted by atomic mass is 16.5. The highest BCUT2D eigenvalue weighted by molar-refractivity contribution is 5.97. The molecule has 5 nitrogen and oxygen atoms in total. The van der Waals surface area contributed by atoms with Crippen molar-refractivity contribution in [3.8, 4) is 17.0 Å². The summed E-state index contributed by atoms with van der Waals surface area (Å²) in [6.45, 7) is -0.0915. The molecule has 4 aromatic rings. The molecule has 4 rings (SSSR count). The number of fused-ring (bicyclic) bond motifs is 1. The van der Waals surface area contributed by atoms with E-state index < -0.39 is 5.63 Å². The van der Waals surface area contributed by atoms with Crippen LogP contribution in [0.25, 0.3) is 22.2 Å². The third-order valence-corrected chi connectivity index (χ3v) is 4.11. The molecule has 0 spiro atoms. The zero-order valence-corrected chi connectivity index (χ0v) is 14.3. The van der Waals surface area contributed by atoms with Gasteiger partial charge in [0.15, 0.2) is 12.4 Å². The van der Waals surface area contributed by atoms with Crippen molar-refractivity contribution in [2.24, 2.45) is 0 Å². The van der Waals surface area contributed by atoms with E-state index >= 15 is 0 Å². The normalized spacial score (nSPS) is 10.7. The molecular weight excluding hydrogens is 342 g/mol. The number of hydrogen-bond donors (Lipinski definition) is 0. The van der Waals surface area contributed by atoms with Gasteiger partial charge < -0.3 is 9.15 Å². The number of pyridine rings is 1. The number of nitrogens with zero attached hydrogens (tertiary/aromatic N) is 1. The first-order chi connectivity index (χ1) is 13.2. The molecule has 27 heavy (non-hydrogen) atoms. The quantitative estimate of drug-likeness (QED) is 0.397. The van der Waals surface area contributed by atoms with Crippen LogP contribution < -0.4 is 10.4 Å². The van der Waals surface area contributed by atoms with Crippen LogP contribution in [0, 0.1) is 0 Å². The van der Waals surface area contributed by atoms with Crippen LogP contribution in [-0.4, -0.2) is 17.4 Å². The molecule has 0 amide bonds. The van der Waals surface area contributed by atoms with Gasteiger partial charge in [-0.3, -0.25) is 9.78 Å². The fourth-order valence-electron chi connectivity index (χ4n) is 2.74. The lowest BCUT2D eigenvalue weighted by Crippen LogP contribution is -2.11. The largest absolute Gasteiger partial charge is 0.485 e. The minimum Gasteiger partial charge on any atom is -0.485 e. The Bertz CT molecular complexity index is 1150. The standard InChI is InChI=1S/C22H15NO4/c24-20(15-6-2-1-3-7-15)14-26-17-10-9-16-12-18(19-8-4-5-11-23-19)22(25)27-21(16)13-17/h1-13H,14H2.